The maximum Gasteiger partial charge on any atom is 0.288 e. The van der Waals surface area contributed by atoms with Crippen LogP contribution < -0.4 is 10.6 Å². The third kappa shape index (κ3) is 3.89. The van der Waals surface area contributed by atoms with E-state index in [-0.39, 0.29) is 22.4 Å². The number of nitrogens with zero attached hydrogens (tertiary/aromatic N) is 2. The van der Waals surface area contributed by atoms with Gasteiger partial charge in [0, 0.05) is 18.2 Å². The van der Waals surface area contributed by atoms with Crippen LogP contribution in [0.4, 0.5) is 5.69 Å². The maximum absolute atomic E-state index is 12.2. The SMILES string of the molecule is CNC1CCC(NC(=O)c2cc([N+](=O)[O-])cnc2Cl)CC1. The van der Waals surface area contributed by atoms with Gasteiger partial charge >= 0.3 is 0 Å². The van der Waals surface area contributed by atoms with Crippen LogP contribution in [0.25, 0.3) is 0 Å². The van der Waals surface area contributed by atoms with E-state index in [2.05, 4.69) is 15.6 Å². The van der Waals surface area contributed by atoms with E-state index >= 15 is 0 Å². The summed E-state index contributed by atoms with van der Waals surface area (Å²) in [6.45, 7) is 0. The van der Waals surface area contributed by atoms with Crippen molar-refractivity contribution in [2.24, 2.45) is 0 Å². The zero-order chi connectivity index (χ0) is 15.4. The number of halogens is 1. The van der Waals surface area contributed by atoms with Crippen molar-refractivity contribution in [1.82, 2.24) is 15.6 Å². The van der Waals surface area contributed by atoms with Gasteiger partial charge in [-0.05, 0) is 32.7 Å². The molecule has 7 nitrogen and oxygen atoms in total. The van der Waals surface area contributed by atoms with Crippen LogP contribution in [0.15, 0.2) is 12.3 Å². The normalized spacial score (nSPS) is 21.8. The first kappa shape index (κ1) is 15.7. The van der Waals surface area contributed by atoms with E-state index in [4.69, 9.17) is 11.6 Å². The van der Waals surface area contributed by atoms with E-state index in [1.165, 1.54) is 0 Å². The van der Waals surface area contributed by atoms with Gasteiger partial charge in [-0.15, -0.1) is 0 Å². The quantitative estimate of drug-likeness (QED) is 0.503. The highest BCUT2D eigenvalue weighted by atomic mass is 35.5. The number of aromatic nitrogens is 1. The Labute approximate surface area is 127 Å². The molecule has 0 aromatic carbocycles. The number of hydrogen-bond acceptors (Lipinski definition) is 5. The molecule has 1 aliphatic carbocycles. The van der Waals surface area contributed by atoms with Crippen LogP contribution in [0.3, 0.4) is 0 Å². The van der Waals surface area contributed by atoms with E-state index in [0.29, 0.717) is 6.04 Å². The summed E-state index contributed by atoms with van der Waals surface area (Å²) in [5.41, 5.74) is -0.204. The highest BCUT2D eigenvalue weighted by molar-refractivity contribution is 6.32. The van der Waals surface area contributed by atoms with Gasteiger partial charge in [0.25, 0.3) is 11.6 Å². The van der Waals surface area contributed by atoms with Gasteiger partial charge in [0.15, 0.2) is 0 Å². The standard InChI is InChI=1S/C13H17ClN4O3/c1-15-8-2-4-9(5-3-8)17-13(19)11-6-10(18(20)21)7-16-12(11)14/h6-9,15H,2-5H2,1H3,(H,17,19). The number of nitrogens with one attached hydrogen (secondary N) is 2. The molecule has 21 heavy (non-hydrogen) atoms. The zero-order valence-electron chi connectivity index (χ0n) is 11.6. The zero-order valence-corrected chi connectivity index (χ0v) is 12.4. The molecule has 1 aliphatic rings. The van der Waals surface area contributed by atoms with Crippen molar-refractivity contribution in [3.05, 3.63) is 33.1 Å². The minimum Gasteiger partial charge on any atom is -0.349 e. The summed E-state index contributed by atoms with van der Waals surface area (Å²) in [6, 6.07) is 1.71. The van der Waals surface area contributed by atoms with E-state index < -0.39 is 10.8 Å². The van der Waals surface area contributed by atoms with E-state index in [9.17, 15) is 14.9 Å². The maximum atomic E-state index is 12.2. The van der Waals surface area contributed by atoms with Crippen molar-refractivity contribution in [2.45, 2.75) is 37.8 Å². The van der Waals surface area contributed by atoms with Crippen LogP contribution in [0.5, 0.6) is 0 Å². The van der Waals surface area contributed by atoms with Crippen LogP contribution in [0, 0.1) is 10.1 Å². The Morgan fingerprint density at radius 1 is 1.38 bits per heavy atom. The van der Waals surface area contributed by atoms with Gasteiger partial charge in [0.2, 0.25) is 0 Å². The molecule has 1 aromatic heterocycles. The lowest BCUT2D eigenvalue weighted by atomic mass is 9.91. The van der Waals surface area contributed by atoms with Crippen molar-refractivity contribution in [2.75, 3.05) is 7.05 Å². The Hall–Kier alpha value is -1.73. The van der Waals surface area contributed by atoms with Gasteiger partial charge in [0.05, 0.1) is 10.5 Å². The molecular formula is C13H17ClN4O3. The topological polar surface area (TPSA) is 97.2 Å². The highest BCUT2D eigenvalue weighted by Crippen LogP contribution is 2.22. The lowest BCUT2D eigenvalue weighted by molar-refractivity contribution is -0.385. The summed E-state index contributed by atoms with van der Waals surface area (Å²) >= 11 is 5.85. The molecule has 1 aromatic rings. The first-order valence-corrected chi connectivity index (χ1v) is 7.17. The smallest absolute Gasteiger partial charge is 0.288 e. The largest absolute Gasteiger partial charge is 0.349 e. The average Bonchev–Trinajstić information content (AvgIpc) is 2.48. The van der Waals surface area contributed by atoms with Gasteiger partial charge in [-0.25, -0.2) is 4.98 Å². The second-order valence-electron chi connectivity index (χ2n) is 5.10. The Morgan fingerprint density at radius 2 is 2.00 bits per heavy atom. The van der Waals surface area contributed by atoms with Crippen LogP contribution in [0.1, 0.15) is 36.0 Å². The molecule has 1 saturated carbocycles. The predicted octanol–water partition coefficient (Wildman–Crippen LogP) is 1.90. The first-order chi connectivity index (χ1) is 10.0. The second-order valence-corrected chi connectivity index (χ2v) is 5.46. The van der Waals surface area contributed by atoms with E-state index in [1.807, 2.05) is 7.05 Å². The number of nitro groups is 1. The minimum atomic E-state index is -0.599. The Bertz CT molecular complexity index is 544. The van der Waals surface area contributed by atoms with Gasteiger partial charge in [-0.2, -0.15) is 0 Å². The minimum absolute atomic E-state index is 0.0259. The highest BCUT2D eigenvalue weighted by Gasteiger charge is 2.24. The van der Waals surface area contributed by atoms with E-state index in [1.54, 1.807) is 0 Å². The summed E-state index contributed by atoms with van der Waals surface area (Å²) < 4.78 is 0. The molecule has 2 rings (SSSR count). The molecular weight excluding hydrogens is 296 g/mol. The van der Waals surface area contributed by atoms with Crippen molar-refractivity contribution in [3.8, 4) is 0 Å². The molecule has 1 heterocycles. The van der Waals surface area contributed by atoms with Crippen molar-refractivity contribution in [3.63, 3.8) is 0 Å². The third-order valence-electron chi connectivity index (χ3n) is 3.75. The summed E-state index contributed by atoms with van der Waals surface area (Å²) in [4.78, 5) is 26.0. The molecule has 0 bridgehead atoms. The lowest BCUT2D eigenvalue weighted by Crippen LogP contribution is -2.41. The van der Waals surface area contributed by atoms with Gasteiger partial charge < -0.3 is 10.6 Å². The molecule has 0 unspecified atom stereocenters. The average molecular weight is 313 g/mol. The van der Waals surface area contributed by atoms with Gasteiger partial charge in [0.1, 0.15) is 11.3 Å². The summed E-state index contributed by atoms with van der Waals surface area (Å²) in [6.07, 6.45) is 4.76. The Morgan fingerprint density at radius 3 is 2.57 bits per heavy atom. The Balaban J connectivity index is 2.03. The lowest BCUT2D eigenvalue weighted by Gasteiger charge is -2.28. The number of amides is 1. The number of carbonyl (C=O) groups excluding carboxylic acids is 1. The van der Waals surface area contributed by atoms with Crippen molar-refractivity contribution >= 4 is 23.2 Å². The molecule has 1 amide bonds. The second kappa shape index (κ2) is 6.82. The number of carbonyl (C=O) groups is 1. The molecule has 1 fully saturated rings. The van der Waals surface area contributed by atoms with E-state index in [0.717, 1.165) is 37.9 Å². The molecule has 2 N–H and O–H groups in total. The Kier molecular flexibility index (Phi) is 5.08. The van der Waals surface area contributed by atoms with Crippen LogP contribution >= 0.6 is 11.6 Å². The molecule has 0 aliphatic heterocycles. The molecule has 0 radical (unpaired) electrons. The molecule has 0 saturated heterocycles. The fraction of sp³-hybridized carbons (Fsp3) is 0.538. The van der Waals surface area contributed by atoms with Crippen LogP contribution in [0.2, 0.25) is 5.15 Å². The van der Waals surface area contributed by atoms with Crippen molar-refractivity contribution in [1.29, 1.82) is 0 Å². The van der Waals surface area contributed by atoms with Crippen molar-refractivity contribution < 1.29 is 9.72 Å². The number of rotatable bonds is 4. The summed E-state index contributed by atoms with van der Waals surface area (Å²) in [5, 5.41) is 16.8. The molecule has 0 atom stereocenters. The monoisotopic (exact) mass is 312 g/mol. The fourth-order valence-corrected chi connectivity index (χ4v) is 2.67. The third-order valence-corrected chi connectivity index (χ3v) is 4.05. The summed E-state index contributed by atoms with van der Waals surface area (Å²) in [7, 11) is 1.93. The molecule has 114 valence electrons. The van der Waals surface area contributed by atoms with Gasteiger partial charge in [-0.1, -0.05) is 11.6 Å². The first-order valence-electron chi connectivity index (χ1n) is 6.79. The number of hydrogen-bond donors (Lipinski definition) is 2. The summed E-state index contributed by atoms with van der Waals surface area (Å²) in [5.74, 6) is -0.413. The fourth-order valence-electron chi connectivity index (χ4n) is 2.49. The molecule has 0 spiro atoms. The van der Waals surface area contributed by atoms with Crippen LogP contribution in [-0.4, -0.2) is 34.9 Å². The molecule has 8 heteroatoms. The van der Waals surface area contributed by atoms with Gasteiger partial charge in [-0.3, -0.25) is 14.9 Å². The predicted molar refractivity (Wildman–Crippen MR) is 78.5 cm³/mol. The number of pyridine rings is 1. The van der Waals surface area contributed by atoms with Crippen LogP contribution in [-0.2, 0) is 0 Å².